The second kappa shape index (κ2) is 7.00. The second-order valence-corrected chi connectivity index (χ2v) is 12.8. The molecule has 2 aliphatic rings. The highest BCUT2D eigenvalue weighted by Gasteiger charge is 2.41. The minimum Gasteiger partial charge on any atom is -0.491 e. The normalized spacial score (nSPS) is 25.4. The summed E-state index contributed by atoms with van der Waals surface area (Å²) in [5.41, 5.74) is -1.61. The van der Waals surface area contributed by atoms with Crippen LogP contribution in [0.15, 0.2) is 4.79 Å². The summed E-state index contributed by atoms with van der Waals surface area (Å²) in [4.78, 5) is 12.6. The summed E-state index contributed by atoms with van der Waals surface area (Å²) in [5, 5.41) is 20.3. The zero-order valence-electron chi connectivity index (χ0n) is 16.3. The van der Waals surface area contributed by atoms with Crippen molar-refractivity contribution >= 4 is 15.2 Å². The largest absolute Gasteiger partial charge is 0.491 e. The van der Waals surface area contributed by atoms with Crippen LogP contribution < -0.4 is 5.69 Å². The van der Waals surface area contributed by atoms with Crippen molar-refractivity contribution in [1.82, 2.24) is 9.13 Å². The van der Waals surface area contributed by atoms with Gasteiger partial charge in [0.2, 0.25) is 0 Å². The van der Waals surface area contributed by atoms with Crippen molar-refractivity contribution in [3.63, 3.8) is 0 Å². The number of aromatic nitrogens is 2. The quantitative estimate of drug-likeness (QED) is 0.676. The monoisotopic (exact) mass is 440 g/mol. The van der Waals surface area contributed by atoms with Crippen LogP contribution in [0, 0.1) is 10.8 Å². The predicted octanol–water partition coefficient (Wildman–Crippen LogP) is 2.51. The Hall–Kier alpha value is -1.09. The molecule has 28 heavy (non-hydrogen) atoms. The lowest BCUT2D eigenvalue weighted by atomic mass is 9.97. The molecule has 3 rings (SSSR count). The lowest BCUT2D eigenvalue weighted by Crippen LogP contribution is -2.33. The van der Waals surface area contributed by atoms with Gasteiger partial charge in [-0.25, -0.2) is 13.9 Å². The Morgan fingerprint density at radius 2 is 1.07 bits per heavy atom. The molecule has 0 radical (unpaired) electrons. The Morgan fingerprint density at radius 1 is 0.786 bits per heavy atom. The van der Waals surface area contributed by atoms with Crippen molar-refractivity contribution in [2.24, 2.45) is 10.8 Å². The van der Waals surface area contributed by atoms with Gasteiger partial charge < -0.3 is 28.3 Å². The van der Waals surface area contributed by atoms with Gasteiger partial charge in [-0.3, -0.25) is 9.13 Å². The molecule has 13 heteroatoms. The summed E-state index contributed by atoms with van der Waals surface area (Å²) < 4.78 is 48.0. The number of imidazole rings is 1. The smallest absolute Gasteiger partial charge is 0.350 e. The molecular formula is C15H26N2O9P2. The fourth-order valence-electron chi connectivity index (χ4n) is 2.58. The van der Waals surface area contributed by atoms with E-state index in [1.807, 2.05) is 27.7 Å². The lowest BCUT2D eigenvalue weighted by Gasteiger charge is -2.34. The molecular weight excluding hydrogens is 414 g/mol. The average molecular weight is 440 g/mol. The second-order valence-electron chi connectivity index (χ2n) is 8.71. The number of nitrogens with zero attached hydrogens (tertiary/aromatic N) is 2. The Kier molecular flexibility index (Phi) is 5.41. The third-order valence-corrected chi connectivity index (χ3v) is 7.76. The molecule has 3 heterocycles. The maximum Gasteiger partial charge on any atom is 0.350 e. The first-order valence-corrected chi connectivity index (χ1v) is 12.2. The van der Waals surface area contributed by atoms with Crippen molar-refractivity contribution < 1.29 is 37.4 Å². The van der Waals surface area contributed by atoms with E-state index < -0.39 is 45.2 Å². The molecule has 2 aliphatic heterocycles. The Labute approximate surface area is 162 Å². The first-order chi connectivity index (χ1) is 12.8. The van der Waals surface area contributed by atoms with Gasteiger partial charge in [0.15, 0.2) is 0 Å². The van der Waals surface area contributed by atoms with Gasteiger partial charge in [-0.1, -0.05) is 27.7 Å². The van der Waals surface area contributed by atoms with Gasteiger partial charge in [-0.15, -0.1) is 0 Å². The highest BCUT2D eigenvalue weighted by Crippen LogP contribution is 2.57. The van der Waals surface area contributed by atoms with Gasteiger partial charge in [0, 0.05) is 10.8 Å². The fourth-order valence-corrected chi connectivity index (χ4v) is 6.45. The van der Waals surface area contributed by atoms with Crippen LogP contribution in [0.2, 0.25) is 0 Å². The Balaban J connectivity index is 1.82. The highest BCUT2D eigenvalue weighted by molar-refractivity contribution is 7.53. The molecule has 0 bridgehead atoms. The van der Waals surface area contributed by atoms with Crippen molar-refractivity contribution in [2.45, 2.75) is 40.3 Å². The molecule has 0 spiro atoms. The zero-order chi connectivity index (χ0) is 21.0. The minimum atomic E-state index is -3.71. The predicted molar refractivity (Wildman–Crippen MR) is 98.6 cm³/mol. The van der Waals surface area contributed by atoms with E-state index in [1.165, 1.54) is 0 Å². The van der Waals surface area contributed by atoms with E-state index in [2.05, 4.69) is 0 Å². The molecule has 0 aromatic carbocycles. The first-order valence-electron chi connectivity index (χ1n) is 8.73. The summed E-state index contributed by atoms with van der Waals surface area (Å²) in [6.45, 7) is 8.07. The highest BCUT2D eigenvalue weighted by atomic mass is 31.2. The van der Waals surface area contributed by atoms with Gasteiger partial charge >= 0.3 is 20.9 Å². The molecule has 1 aromatic rings. The van der Waals surface area contributed by atoms with Gasteiger partial charge in [-0.05, 0) is 0 Å². The fraction of sp³-hybridized carbons (Fsp3) is 0.800. The van der Waals surface area contributed by atoms with Crippen LogP contribution in [0.4, 0.5) is 0 Å². The molecule has 0 saturated carbocycles. The van der Waals surface area contributed by atoms with E-state index >= 15 is 0 Å². The van der Waals surface area contributed by atoms with Gasteiger partial charge in [0.1, 0.15) is 12.6 Å². The lowest BCUT2D eigenvalue weighted by molar-refractivity contribution is 0.0384. The molecule has 2 saturated heterocycles. The van der Waals surface area contributed by atoms with Crippen molar-refractivity contribution in [3.8, 4) is 11.8 Å². The van der Waals surface area contributed by atoms with Crippen LogP contribution in [0.25, 0.3) is 0 Å². The van der Waals surface area contributed by atoms with E-state index in [4.69, 9.17) is 18.1 Å². The van der Waals surface area contributed by atoms with Gasteiger partial charge in [0.25, 0.3) is 11.8 Å². The molecule has 0 unspecified atom stereocenters. The standard InChI is InChI=1S/C15H26N2O9P2/c1-14(2)5-23-27(21,24-6-14)9-16-11(18)12(19)17(13(16)20)10-28(22)25-7-15(3,4)8-26-28/h18-19H,5-10H2,1-4H3. The molecule has 2 N–H and O–H groups in total. The number of aromatic hydroxyl groups is 2. The number of rotatable bonds is 4. The van der Waals surface area contributed by atoms with Gasteiger partial charge in [0.05, 0.1) is 26.4 Å². The van der Waals surface area contributed by atoms with Crippen LogP contribution in [-0.2, 0) is 39.8 Å². The third kappa shape index (κ3) is 4.40. The molecule has 2 fully saturated rings. The van der Waals surface area contributed by atoms with E-state index in [-0.39, 0.29) is 37.3 Å². The molecule has 160 valence electrons. The van der Waals surface area contributed by atoms with Crippen molar-refractivity contribution in [1.29, 1.82) is 0 Å². The summed E-state index contributed by atoms with van der Waals surface area (Å²) in [6.07, 6.45) is -1.18. The molecule has 0 amide bonds. The summed E-state index contributed by atoms with van der Waals surface area (Å²) >= 11 is 0. The summed E-state index contributed by atoms with van der Waals surface area (Å²) in [7, 11) is -7.41. The molecule has 0 aliphatic carbocycles. The maximum absolute atomic E-state index is 12.7. The summed E-state index contributed by atoms with van der Waals surface area (Å²) in [6, 6.07) is 0. The van der Waals surface area contributed by atoms with Crippen LogP contribution in [0.1, 0.15) is 27.7 Å². The molecule has 0 atom stereocenters. The third-order valence-electron chi connectivity index (χ3n) is 4.41. The molecule has 1 aromatic heterocycles. The number of hydrogen-bond donors (Lipinski definition) is 2. The minimum absolute atomic E-state index is 0.152. The van der Waals surface area contributed by atoms with E-state index in [1.54, 1.807) is 0 Å². The van der Waals surface area contributed by atoms with E-state index in [0.29, 0.717) is 9.13 Å². The topological polar surface area (TPSA) is 138 Å². The Bertz CT molecular complexity index is 819. The summed E-state index contributed by atoms with van der Waals surface area (Å²) in [5.74, 6) is -1.66. The number of hydrogen-bond acceptors (Lipinski definition) is 9. The van der Waals surface area contributed by atoms with Gasteiger partial charge in [-0.2, -0.15) is 0 Å². The SMILES string of the molecule is CC1(C)COP(=O)(Cn2c(O)c(O)n(CP3(=O)OCC(C)(C)CO3)c2=O)OC1. The van der Waals surface area contributed by atoms with E-state index in [0.717, 1.165) is 0 Å². The van der Waals surface area contributed by atoms with Crippen molar-refractivity contribution in [2.75, 3.05) is 26.4 Å². The maximum atomic E-state index is 12.7. The molecule has 11 nitrogen and oxygen atoms in total. The first kappa shape index (κ1) is 21.6. The van der Waals surface area contributed by atoms with E-state index in [9.17, 15) is 24.1 Å². The Morgan fingerprint density at radius 3 is 1.36 bits per heavy atom. The van der Waals surface area contributed by atoms with Crippen LogP contribution in [0.5, 0.6) is 11.8 Å². The van der Waals surface area contributed by atoms with Crippen LogP contribution in [-0.4, -0.2) is 45.8 Å². The zero-order valence-corrected chi connectivity index (χ0v) is 18.1. The van der Waals surface area contributed by atoms with Crippen LogP contribution in [0.3, 0.4) is 0 Å². The van der Waals surface area contributed by atoms with Crippen molar-refractivity contribution in [3.05, 3.63) is 10.5 Å². The average Bonchev–Trinajstić information content (AvgIpc) is 2.79. The van der Waals surface area contributed by atoms with Crippen LogP contribution >= 0.6 is 15.2 Å².